The summed E-state index contributed by atoms with van der Waals surface area (Å²) in [7, 11) is -2.25. The van der Waals surface area contributed by atoms with Crippen LogP contribution in [0.4, 0.5) is 4.39 Å². The second-order valence-electron chi connectivity index (χ2n) is 10.2. The van der Waals surface area contributed by atoms with Gasteiger partial charge in [0.05, 0.1) is 23.6 Å². The summed E-state index contributed by atoms with van der Waals surface area (Å²) < 4.78 is 43.6. The maximum absolute atomic E-state index is 13.5. The lowest BCUT2D eigenvalue weighted by atomic mass is 9.95. The van der Waals surface area contributed by atoms with Crippen LogP contribution < -0.4 is 5.32 Å². The minimum atomic E-state index is -3.83. The molecule has 6 rings (SSSR count). The average Bonchev–Trinajstić information content (AvgIpc) is 3.64. The van der Waals surface area contributed by atoms with E-state index in [1.165, 1.54) is 27.4 Å². The molecule has 13 heteroatoms. The number of nitrogens with one attached hydrogen (secondary N) is 1. The topological polar surface area (TPSA) is 118 Å². The Morgan fingerprint density at radius 1 is 1.10 bits per heavy atom. The first kappa shape index (κ1) is 25.6. The van der Waals surface area contributed by atoms with Gasteiger partial charge < -0.3 is 5.32 Å². The number of piperazine rings is 1. The number of benzene rings is 2. The fourth-order valence-electron chi connectivity index (χ4n) is 5.57. The minimum absolute atomic E-state index is 0.0474. The summed E-state index contributed by atoms with van der Waals surface area (Å²) in [5.41, 5.74) is 3.61. The molecule has 1 amide bonds. The van der Waals surface area contributed by atoms with E-state index >= 15 is 0 Å². The molecule has 1 N–H and O–H groups in total. The lowest BCUT2D eigenvalue weighted by Crippen LogP contribution is -2.51. The fourth-order valence-corrected chi connectivity index (χ4v) is 6.90. The fraction of sp³-hybridized carbons (Fsp3) is 0.385. The normalized spacial score (nSPS) is 21.1. The maximum atomic E-state index is 13.5. The molecule has 2 saturated heterocycles. The van der Waals surface area contributed by atoms with Crippen molar-refractivity contribution in [2.24, 2.45) is 13.0 Å². The number of amides is 1. The standard InChI is InChI=1S/C26H29FN8O3S/c1-17-9-23-19(13-30-35(23)21-5-3-20(27)4-6-21)11-22(17)24-16-34(39(37,38)26-14-29-32(2)31-26)8-7-33(24)15-18-10-25(36)28-12-18/h3-6,9,11,13-14,18,24H,7-8,10,12,15-16H2,1-2H3,(H,28,36)/t18?,24-/m1/s1. The van der Waals surface area contributed by atoms with E-state index in [0.717, 1.165) is 27.7 Å². The van der Waals surface area contributed by atoms with E-state index in [4.69, 9.17) is 0 Å². The lowest BCUT2D eigenvalue weighted by Gasteiger charge is -2.42. The quantitative estimate of drug-likeness (QED) is 0.388. The molecule has 11 nitrogen and oxygen atoms in total. The van der Waals surface area contributed by atoms with E-state index in [1.807, 2.05) is 13.0 Å². The van der Waals surface area contributed by atoms with Gasteiger partial charge in [-0.1, -0.05) is 0 Å². The molecule has 1 unspecified atom stereocenters. The van der Waals surface area contributed by atoms with Crippen LogP contribution >= 0.6 is 0 Å². The Labute approximate surface area is 225 Å². The first-order valence-corrected chi connectivity index (χ1v) is 14.2. The van der Waals surface area contributed by atoms with Gasteiger partial charge in [0.25, 0.3) is 10.0 Å². The van der Waals surface area contributed by atoms with Crippen LogP contribution in [-0.2, 0) is 21.9 Å². The first-order valence-electron chi connectivity index (χ1n) is 12.8. The highest BCUT2D eigenvalue weighted by atomic mass is 32.2. The molecule has 4 aromatic rings. The zero-order valence-corrected chi connectivity index (χ0v) is 22.5. The van der Waals surface area contributed by atoms with Gasteiger partial charge in [0.15, 0.2) is 0 Å². The molecule has 2 aliphatic rings. The van der Waals surface area contributed by atoms with Crippen molar-refractivity contribution < 1.29 is 17.6 Å². The number of hydrogen-bond donors (Lipinski definition) is 1. The molecule has 4 heterocycles. The third-order valence-corrected chi connectivity index (χ3v) is 9.30. The van der Waals surface area contributed by atoms with Crippen molar-refractivity contribution in [3.05, 3.63) is 65.7 Å². The second-order valence-corrected chi connectivity index (χ2v) is 12.1. The molecule has 2 aliphatic heterocycles. The van der Waals surface area contributed by atoms with Gasteiger partial charge in [0.2, 0.25) is 10.9 Å². The van der Waals surface area contributed by atoms with Gasteiger partial charge in [-0.2, -0.15) is 19.3 Å². The zero-order chi connectivity index (χ0) is 27.3. The second kappa shape index (κ2) is 9.81. The molecule has 0 bridgehead atoms. The number of rotatable bonds is 6. The van der Waals surface area contributed by atoms with E-state index in [9.17, 15) is 17.6 Å². The predicted molar refractivity (Wildman–Crippen MR) is 141 cm³/mol. The van der Waals surface area contributed by atoms with Crippen LogP contribution in [0.25, 0.3) is 16.6 Å². The molecule has 2 aromatic carbocycles. The van der Waals surface area contributed by atoms with Crippen LogP contribution in [0.15, 0.2) is 53.8 Å². The molecule has 2 atom stereocenters. The number of aryl methyl sites for hydroxylation is 2. The maximum Gasteiger partial charge on any atom is 0.264 e. The van der Waals surface area contributed by atoms with Crippen LogP contribution in [0.2, 0.25) is 0 Å². The van der Waals surface area contributed by atoms with Crippen LogP contribution in [0.5, 0.6) is 0 Å². The van der Waals surface area contributed by atoms with Gasteiger partial charge in [-0.25, -0.2) is 17.5 Å². The summed E-state index contributed by atoms with van der Waals surface area (Å²) in [4.78, 5) is 15.4. The predicted octanol–water partition coefficient (Wildman–Crippen LogP) is 1.79. The van der Waals surface area contributed by atoms with E-state index < -0.39 is 10.0 Å². The van der Waals surface area contributed by atoms with Crippen LogP contribution in [-0.4, -0.2) is 81.0 Å². The Hall–Kier alpha value is -3.68. The van der Waals surface area contributed by atoms with E-state index in [-0.39, 0.29) is 35.3 Å². The molecule has 204 valence electrons. The van der Waals surface area contributed by atoms with Crippen molar-refractivity contribution in [1.29, 1.82) is 0 Å². The Bertz CT molecular complexity index is 1650. The Morgan fingerprint density at radius 2 is 1.90 bits per heavy atom. The summed E-state index contributed by atoms with van der Waals surface area (Å²) in [6.45, 7) is 4.37. The number of carbonyl (C=O) groups excluding carboxylic acids is 1. The summed E-state index contributed by atoms with van der Waals surface area (Å²) in [5, 5.41) is 16.3. The smallest absolute Gasteiger partial charge is 0.264 e. The summed E-state index contributed by atoms with van der Waals surface area (Å²) in [6, 6.07) is 10.0. The van der Waals surface area contributed by atoms with Crippen molar-refractivity contribution in [3.63, 3.8) is 0 Å². The molecule has 0 spiro atoms. The van der Waals surface area contributed by atoms with E-state index in [0.29, 0.717) is 32.6 Å². The monoisotopic (exact) mass is 552 g/mol. The number of nitrogens with zero attached hydrogens (tertiary/aromatic N) is 7. The Balaban J connectivity index is 1.37. The number of fused-ring (bicyclic) bond motifs is 1. The van der Waals surface area contributed by atoms with Crippen molar-refractivity contribution >= 4 is 26.8 Å². The van der Waals surface area contributed by atoms with Gasteiger partial charge in [0.1, 0.15) is 5.82 Å². The molecule has 0 saturated carbocycles. The third-order valence-electron chi connectivity index (χ3n) is 7.58. The molecular weight excluding hydrogens is 523 g/mol. The lowest BCUT2D eigenvalue weighted by molar-refractivity contribution is -0.119. The Morgan fingerprint density at radius 3 is 2.59 bits per heavy atom. The molecule has 2 fully saturated rings. The van der Waals surface area contributed by atoms with E-state index in [2.05, 4.69) is 31.6 Å². The largest absolute Gasteiger partial charge is 0.356 e. The highest BCUT2D eigenvalue weighted by molar-refractivity contribution is 7.89. The number of aromatic nitrogens is 5. The van der Waals surface area contributed by atoms with Crippen LogP contribution in [0, 0.1) is 18.7 Å². The molecule has 0 radical (unpaired) electrons. The van der Waals surface area contributed by atoms with Gasteiger partial charge >= 0.3 is 0 Å². The number of hydrogen-bond acceptors (Lipinski definition) is 7. The number of carbonyl (C=O) groups is 1. The first-order chi connectivity index (χ1) is 18.7. The van der Waals surface area contributed by atoms with Gasteiger partial charge in [-0.05, 0) is 60.4 Å². The average molecular weight is 553 g/mol. The molecular formula is C26H29FN8O3S. The van der Waals surface area contributed by atoms with Crippen LogP contribution in [0.3, 0.4) is 0 Å². The SMILES string of the molecule is Cc1cc2c(cnn2-c2ccc(F)cc2)cc1[C@H]1CN(S(=O)(=O)c2cnn(C)n2)CCN1CC1CNC(=O)C1. The van der Waals surface area contributed by atoms with Gasteiger partial charge in [0, 0.05) is 57.6 Å². The summed E-state index contributed by atoms with van der Waals surface area (Å²) in [6.07, 6.45) is 3.50. The minimum Gasteiger partial charge on any atom is -0.356 e. The van der Waals surface area contributed by atoms with Crippen LogP contribution in [0.1, 0.15) is 23.6 Å². The third kappa shape index (κ3) is 4.81. The summed E-state index contributed by atoms with van der Waals surface area (Å²) in [5.74, 6) is -0.106. The van der Waals surface area contributed by atoms with Gasteiger partial charge in [-0.3, -0.25) is 9.69 Å². The Kier molecular flexibility index (Phi) is 6.44. The number of sulfonamides is 1. The molecule has 0 aliphatic carbocycles. The summed E-state index contributed by atoms with van der Waals surface area (Å²) >= 11 is 0. The molecule has 2 aromatic heterocycles. The van der Waals surface area contributed by atoms with Crippen molar-refractivity contribution in [3.8, 4) is 5.69 Å². The van der Waals surface area contributed by atoms with E-state index in [1.54, 1.807) is 30.1 Å². The number of halogens is 1. The molecule has 39 heavy (non-hydrogen) atoms. The van der Waals surface area contributed by atoms with Crippen molar-refractivity contribution in [1.82, 2.24) is 39.3 Å². The van der Waals surface area contributed by atoms with Crippen molar-refractivity contribution in [2.45, 2.75) is 24.4 Å². The van der Waals surface area contributed by atoms with Gasteiger partial charge in [-0.15, -0.1) is 5.10 Å². The zero-order valence-electron chi connectivity index (χ0n) is 21.7. The highest BCUT2D eigenvalue weighted by Gasteiger charge is 2.38. The van der Waals surface area contributed by atoms with Crippen molar-refractivity contribution in [2.75, 3.05) is 32.7 Å². The highest BCUT2D eigenvalue weighted by Crippen LogP contribution is 2.34.